The second kappa shape index (κ2) is 4.27. The largest absolute Gasteiger partial charge is 0.350 e. The quantitative estimate of drug-likeness (QED) is 0.623. The SMILES string of the molecule is CC.Cc1cn(C)c2c(C)cncc12. The number of hydrogen-bond donors (Lipinski definition) is 0. The molecule has 0 bridgehead atoms. The molecule has 2 aromatic heterocycles. The Morgan fingerprint density at radius 3 is 2.29 bits per heavy atom. The van der Waals surface area contributed by atoms with E-state index in [4.69, 9.17) is 0 Å². The maximum absolute atomic E-state index is 4.17. The van der Waals surface area contributed by atoms with Gasteiger partial charge in [0.15, 0.2) is 0 Å². The molecule has 0 aliphatic carbocycles. The number of hydrogen-bond acceptors (Lipinski definition) is 1. The number of aryl methyl sites for hydroxylation is 3. The Morgan fingerprint density at radius 2 is 1.71 bits per heavy atom. The van der Waals surface area contributed by atoms with Crippen LogP contribution < -0.4 is 0 Å². The summed E-state index contributed by atoms with van der Waals surface area (Å²) in [5.74, 6) is 0. The lowest BCUT2D eigenvalue weighted by molar-refractivity contribution is 0.958. The third-order valence-corrected chi connectivity index (χ3v) is 2.27. The molecule has 0 aromatic carbocycles. The van der Waals surface area contributed by atoms with E-state index >= 15 is 0 Å². The molecule has 14 heavy (non-hydrogen) atoms. The molecule has 2 rings (SSSR count). The van der Waals surface area contributed by atoms with Gasteiger partial charge in [0.25, 0.3) is 0 Å². The van der Waals surface area contributed by atoms with Crippen LogP contribution in [0.25, 0.3) is 10.9 Å². The normalized spacial score (nSPS) is 9.79. The summed E-state index contributed by atoms with van der Waals surface area (Å²) >= 11 is 0. The van der Waals surface area contributed by atoms with Gasteiger partial charge >= 0.3 is 0 Å². The van der Waals surface area contributed by atoms with Crippen LogP contribution in [0.2, 0.25) is 0 Å². The highest BCUT2D eigenvalue weighted by atomic mass is 14.9. The van der Waals surface area contributed by atoms with Gasteiger partial charge in [0.1, 0.15) is 0 Å². The Labute approximate surface area is 85.6 Å². The van der Waals surface area contributed by atoms with Crippen molar-refractivity contribution in [2.24, 2.45) is 7.05 Å². The molecule has 2 nitrogen and oxygen atoms in total. The van der Waals surface area contributed by atoms with E-state index in [1.165, 1.54) is 22.0 Å². The van der Waals surface area contributed by atoms with E-state index in [0.29, 0.717) is 0 Å². The van der Waals surface area contributed by atoms with Gasteiger partial charge in [-0.2, -0.15) is 0 Å². The third kappa shape index (κ3) is 1.65. The predicted octanol–water partition coefficient (Wildman–Crippen LogP) is 3.22. The third-order valence-electron chi connectivity index (χ3n) is 2.27. The zero-order chi connectivity index (χ0) is 10.7. The Bertz CT molecular complexity index is 427. The van der Waals surface area contributed by atoms with Crippen molar-refractivity contribution in [1.29, 1.82) is 0 Å². The standard InChI is InChI=1S/C10H12N2.C2H6/c1-7-4-11-5-9-8(2)6-12(3)10(7)9;1-2/h4-6H,1-3H3;1-2H3. The van der Waals surface area contributed by atoms with Crippen LogP contribution >= 0.6 is 0 Å². The fourth-order valence-electron chi connectivity index (χ4n) is 1.74. The fraction of sp³-hybridized carbons (Fsp3) is 0.417. The molecule has 76 valence electrons. The number of nitrogens with zero attached hydrogens (tertiary/aromatic N) is 2. The summed E-state index contributed by atoms with van der Waals surface area (Å²) in [6.07, 6.45) is 5.97. The van der Waals surface area contributed by atoms with Crippen molar-refractivity contribution in [3.8, 4) is 0 Å². The van der Waals surface area contributed by atoms with Crippen LogP contribution in [-0.4, -0.2) is 9.55 Å². The van der Waals surface area contributed by atoms with Crippen molar-refractivity contribution in [2.75, 3.05) is 0 Å². The molecule has 2 aromatic rings. The summed E-state index contributed by atoms with van der Waals surface area (Å²) in [7, 11) is 2.07. The molecule has 0 N–H and O–H groups in total. The van der Waals surface area contributed by atoms with Crippen LogP contribution in [0.3, 0.4) is 0 Å². The Kier molecular flexibility index (Phi) is 3.28. The number of fused-ring (bicyclic) bond motifs is 1. The first-order chi connectivity index (χ1) is 6.70. The van der Waals surface area contributed by atoms with Gasteiger partial charge in [0.2, 0.25) is 0 Å². The Hall–Kier alpha value is -1.31. The van der Waals surface area contributed by atoms with Crippen LogP contribution in [-0.2, 0) is 7.05 Å². The van der Waals surface area contributed by atoms with Crippen molar-refractivity contribution < 1.29 is 0 Å². The Morgan fingerprint density at radius 1 is 1.07 bits per heavy atom. The molecule has 0 aliphatic rings. The summed E-state index contributed by atoms with van der Waals surface area (Å²) in [5, 5.41) is 1.26. The van der Waals surface area contributed by atoms with Gasteiger partial charge in [-0.15, -0.1) is 0 Å². The lowest BCUT2D eigenvalue weighted by Gasteiger charge is -1.98. The van der Waals surface area contributed by atoms with E-state index in [2.05, 4.69) is 36.6 Å². The molecule has 0 saturated carbocycles. The molecule has 2 heterocycles. The van der Waals surface area contributed by atoms with Gasteiger partial charge in [-0.1, -0.05) is 13.8 Å². The Balaban J connectivity index is 0.000000461. The van der Waals surface area contributed by atoms with Crippen LogP contribution in [0.5, 0.6) is 0 Å². The fourth-order valence-corrected chi connectivity index (χ4v) is 1.74. The van der Waals surface area contributed by atoms with E-state index in [1.807, 2.05) is 26.2 Å². The first-order valence-corrected chi connectivity index (χ1v) is 5.06. The minimum atomic E-state index is 1.24. The predicted molar refractivity (Wildman–Crippen MR) is 61.5 cm³/mol. The zero-order valence-electron chi connectivity index (χ0n) is 9.63. The molecule has 0 saturated heterocycles. The second-order valence-corrected chi connectivity index (χ2v) is 3.28. The smallest absolute Gasteiger partial charge is 0.0541 e. The highest BCUT2D eigenvalue weighted by Gasteiger charge is 2.04. The molecule has 0 amide bonds. The van der Waals surface area contributed by atoms with E-state index in [-0.39, 0.29) is 0 Å². The molecule has 2 heteroatoms. The van der Waals surface area contributed by atoms with E-state index in [1.54, 1.807) is 0 Å². The summed E-state index contributed by atoms with van der Waals surface area (Å²) in [5.41, 5.74) is 3.83. The van der Waals surface area contributed by atoms with Crippen molar-refractivity contribution in [1.82, 2.24) is 9.55 Å². The zero-order valence-corrected chi connectivity index (χ0v) is 9.63. The summed E-state index contributed by atoms with van der Waals surface area (Å²) in [4.78, 5) is 4.17. The second-order valence-electron chi connectivity index (χ2n) is 3.28. The summed E-state index contributed by atoms with van der Waals surface area (Å²) < 4.78 is 2.15. The van der Waals surface area contributed by atoms with Crippen molar-refractivity contribution in [3.63, 3.8) is 0 Å². The molecule has 0 spiro atoms. The average molecular weight is 190 g/mol. The first kappa shape index (κ1) is 10.8. The van der Waals surface area contributed by atoms with Gasteiger partial charge in [0, 0.05) is 31.0 Å². The van der Waals surface area contributed by atoms with E-state index in [0.717, 1.165) is 0 Å². The maximum Gasteiger partial charge on any atom is 0.0541 e. The summed E-state index contributed by atoms with van der Waals surface area (Å²) in [6.45, 7) is 8.21. The molecule has 0 radical (unpaired) electrons. The topological polar surface area (TPSA) is 17.8 Å². The molecule has 0 atom stereocenters. The molecule has 0 aliphatic heterocycles. The molecular formula is C12H18N2. The minimum Gasteiger partial charge on any atom is -0.350 e. The molecule has 0 fully saturated rings. The maximum atomic E-state index is 4.17. The molecular weight excluding hydrogens is 172 g/mol. The van der Waals surface area contributed by atoms with Crippen LogP contribution in [0, 0.1) is 13.8 Å². The number of pyridine rings is 1. The lowest BCUT2D eigenvalue weighted by Crippen LogP contribution is -1.87. The van der Waals surface area contributed by atoms with Crippen LogP contribution in [0.4, 0.5) is 0 Å². The number of rotatable bonds is 0. The highest BCUT2D eigenvalue weighted by molar-refractivity contribution is 5.85. The van der Waals surface area contributed by atoms with Crippen LogP contribution in [0.1, 0.15) is 25.0 Å². The average Bonchev–Trinajstić information content (AvgIpc) is 2.47. The van der Waals surface area contributed by atoms with Gasteiger partial charge < -0.3 is 4.57 Å². The van der Waals surface area contributed by atoms with Crippen molar-refractivity contribution in [2.45, 2.75) is 27.7 Å². The van der Waals surface area contributed by atoms with Gasteiger partial charge in [-0.25, -0.2) is 0 Å². The number of aromatic nitrogens is 2. The highest BCUT2D eigenvalue weighted by Crippen LogP contribution is 2.21. The summed E-state index contributed by atoms with van der Waals surface area (Å²) in [6, 6.07) is 0. The van der Waals surface area contributed by atoms with E-state index in [9.17, 15) is 0 Å². The van der Waals surface area contributed by atoms with Gasteiger partial charge in [-0.05, 0) is 25.0 Å². The van der Waals surface area contributed by atoms with Crippen molar-refractivity contribution in [3.05, 3.63) is 29.7 Å². The van der Waals surface area contributed by atoms with Gasteiger partial charge in [0.05, 0.1) is 5.52 Å². The monoisotopic (exact) mass is 190 g/mol. The van der Waals surface area contributed by atoms with Crippen LogP contribution in [0.15, 0.2) is 18.6 Å². The lowest BCUT2D eigenvalue weighted by atomic mass is 10.2. The van der Waals surface area contributed by atoms with Gasteiger partial charge in [-0.3, -0.25) is 4.98 Å². The van der Waals surface area contributed by atoms with Crippen molar-refractivity contribution >= 4 is 10.9 Å². The van der Waals surface area contributed by atoms with E-state index < -0.39 is 0 Å². The minimum absolute atomic E-state index is 1.24. The molecule has 0 unspecified atom stereocenters. The first-order valence-electron chi connectivity index (χ1n) is 5.06.